The monoisotopic (exact) mass is 1470 g/mol. The van der Waals surface area contributed by atoms with Gasteiger partial charge in [-0.2, -0.15) is 0 Å². The predicted octanol–water partition coefficient (Wildman–Crippen LogP) is 9.08. The van der Waals surface area contributed by atoms with E-state index < -0.39 is 6.10 Å². The average molecular weight is 1470 g/mol. The Kier molecular flexibility index (Phi) is 62.2. The molecule has 2 N–H and O–H groups in total. The van der Waals surface area contributed by atoms with Gasteiger partial charge in [0.2, 0.25) is 0 Å². The topological polar surface area (TPSA) is 262 Å². The van der Waals surface area contributed by atoms with Crippen LogP contribution < -0.4 is 0 Å². The van der Waals surface area contributed by atoms with E-state index in [4.69, 9.17) is 119 Å². The first-order chi connectivity index (χ1) is 47.7. The lowest BCUT2D eigenvalue weighted by atomic mass is 10.3. The Hall–Kier alpha value is -1.04. The van der Waals surface area contributed by atoms with Crippen molar-refractivity contribution in [3.63, 3.8) is 0 Å². The average Bonchev–Trinajstić information content (AvgIpc) is 2.27. The summed E-state index contributed by atoms with van der Waals surface area (Å²) >= 11 is 0. The van der Waals surface area contributed by atoms with Crippen LogP contribution in [0.4, 0.5) is 0 Å². The van der Waals surface area contributed by atoms with Gasteiger partial charge in [-0.25, -0.2) is 0 Å². The van der Waals surface area contributed by atoms with Crippen LogP contribution in [0, 0.1) is 0 Å². The van der Waals surface area contributed by atoms with Crippen LogP contribution in [0.5, 0.6) is 0 Å². The van der Waals surface area contributed by atoms with Crippen LogP contribution >= 0.6 is 0 Å². The molecule has 608 valence electrons. The summed E-state index contributed by atoms with van der Waals surface area (Å²) in [7, 11) is 0. The van der Waals surface area contributed by atoms with Crippen LogP contribution in [0.25, 0.3) is 0 Å². The number of hydrogen-bond acceptors (Lipinski definition) is 26. The summed E-state index contributed by atoms with van der Waals surface area (Å²) in [6, 6.07) is 0. The molecule has 0 radical (unpaired) electrons. The van der Waals surface area contributed by atoms with Gasteiger partial charge in [-0.1, -0.05) is 0 Å². The van der Waals surface area contributed by atoms with Crippen molar-refractivity contribution in [1.29, 1.82) is 0 Å². The van der Waals surface area contributed by atoms with E-state index in [9.17, 15) is 5.11 Å². The standard InChI is InChI=1S/C75H152O26/c1-51(77)27-78-53(3)29-80-55(5)31-82-57(7)33-84-59(9)35-86-61(11)37-88-63(13)39-90-65(15)41-92-67(17)43-94-69(19)45-96-71(21)47-98-73(23)49-100-75(25)50-101-74(24)48-99-72(22)46-97-70(20)44-95-68(18)42-93-66(16)40-91-64(14)38-89-62(12)36-87-60(10)34-85-58(8)32-83-56(6)30-81-54(4)28-79-52(2)26-76/h51-77H,26-50H2,1-25H3. The van der Waals surface area contributed by atoms with Crippen LogP contribution in [0.1, 0.15) is 173 Å². The van der Waals surface area contributed by atoms with Crippen molar-refractivity contribution >= 4 is 0 Å². The Bertz CT molecular complexity index is 1810. The number of aliphatic hydroxyl groups is 2. The first-order valence-corrected chi connectivity index (χ1v) is 37.8. The van der Waals surface area contributed by atoms with Crippen molar-refractivity contribution in [3.8, 4) is 0 Å². The van der Waals surface area contributed by atoms with E-state index in [-0.39, 0.29) is 160 Å². The predicted molar refractivity (Wildman–Crippen MR) is 389 cm³/mol. The Labute approximate surface area is 612 Å². The van der Waals surface area contributed by atoms with Crippen LogP contribution in [0.15, 0.2) is 0 Å². The molecule has 0 aliphatic rings. The Morgan fingerprint density at radius 3 is 0.267 bits per heavy atom. The van der Waals surface area contributed by atoms with Crippen molar-refractivity contribution < 1.29 is 124 Å². The van der Waals surface area contributed by atoms with E-state index in [0.717, 1.165) is 0 Å². The van der Waals surface area contributed by atoms with E-state index in [0.29, 0.717) is 152 Å². The van der Waals surface area contributed by atoms with Crippen molar-refractivity contribution in [2.45, 2.75) is 326 Å². The number of rotatable bonds is 73. The molecule has 26 heteroatoms. The molecule has 25 unspecified atom stereocenters. The van der Waals surface area contributed by atoms with E-state index in [1.807, 2.05) is 166 Å². The molecule has 0 heterocycles. The Balaban J connectivity index is 4.06. The molecule has 0 saturated heterocycles. The van der Waals surface area contributed by atoms with Gasteiger partial charge in [-0.05, 0) is 173 Å². The molecule has 0 saturated carbocycles. The lowest BCUT2D eigenvalue weighted by Gasteiger charge is -2.24. The molecule has 0 amide bonds. The smallest absolute Gasteiger partial charge is 0.0781 e. The van der Waals surface area contributed by atoms with Gasteiger partial charge >= 0.3 is 0 Å². The largest absolute Gasteiger partial charge is 0.394 e. The molecular formula is C75H152O26. The number of ether oxygens (including phenoxy) is 24. The molecule has 25 atom stereocenters. The van der Waals surface area contributed by atoms with Crippen molar-refractivity contribution in [2.75, 3.05) is 165 Å². The summed E-state index contributed by atoms with van der Waals surface area (Å²) < 4.78 is 143. The third kappa shape index (κ3) is 63.6. The molecular weight excluding hydrogens is 1320 g/mol. The highest BCUT2D eigenvalue weighted by atomic mass is 16.6. The summed E-state index contributed by atoms with van der Waals surface area (Å²) in [5.74, 6) is 0. The summed E-state index contributed by atoms with van der Waals surface area (Å²) in [5.41, 5.74) is 0. The lowest BCUT2D eigenvalue weighted by molar-refractivity contribution is -0.118. The Morgan fingerprint density at radius 2 is 0.198 bits per heavy atom. The summed E-state index contributed by atoms with van der Waals surface area (Å²) in [6.45, 7) is 59.1. The second kappa shape index (κ2) is 62.8. The van der Waals surface area contributed by atoms with Gasteiger partial charge in [-0.3, -0.25) is 0 Å². The van der Waals surface area contributed by atoms with Gasteiger partial charge in [0.15, 0.2) is 0 Å². The third-order valence-corrected chi connectivity index (χ3v) is 15.0. The summed E-state index contributed by atoms with van der Waals surface area (Å²) in [6.07, 6.45) is -3.36. The van der Waals surface area contributed by atoms with Crippen molar-refractivity contribution in [1.82, 2.24) is 0 Å². The van der Waals surface area contributed by atoms with Crippen molar-refractivity contribution in [3.05, 3.63) is 0 Å². The third-order valence-electron chi connectivity index (χ3n) is 15.0. The minimum absolute atomic E-state index is 0.0155. The molecule has 0 aliphatic heterocycles. The lowest BCUT2D eigenvalue weighted by Crippen LogP contribution is -2.31. The zero-order chi connectivity index (χ0) is 76.1. The number of aliphatic hydroxyl groups excluding tert-OH is 2. The van der Waals surface area contributed by atoms with Gasteiger partial charge in [0.05, 0.1) is 318 Å². The number of hydrogen-bond donors (Lipinski definition) is 2. The minimum atomic E-state index is -0.500. The zero-order valence-electron chi connectivity index (χ0n) is 67.8. The highest BCUT2D eigenvalue weighted by molar-refractivity contribution is 4.66. The first-order valence-electron chi connectivity index (χ1n) is 37.8. The van der Waals surface area contributed by atoms with Gasteiger partial charge < -0.3 is 124 Å². The van der Waals surface area contributed by atoms with Crippen LogP contribution in [0.2, 0.25) is 0 Å². The molecule has 101 heavy (non-hydrogen) atoms. The Morgan fingerprint density at radius 1 is 0.129 bits per heavy atom. The fourth-order valence-electron chi connectivity index (χ4n) is 8.36. The van der Waals surface area contributed by atoms with Gasteiger partial charge in [0, 0.05) is 0 Å². The fraction of sp³-hybridized carbons (Fsp3) is 1.00. The minimum Gasteiger partial charge on any atom is -0.394 e. The van der Waals surface area contributed by atoms with E-state index in [2.05, 4.69) is 0 Å². The van der Waals surface area contributed by atoms with Crippen LogP contribution in [0.3, 0.4) is 0 Å². The van der Waals surface area contributed by atoms with E-state index >= 15 is 0 Å². The molecule has 0 bridgehead atoms. The highest BCUT2D eigenvalue weighted by Gasteiger charge is 2.21. The molecule has 26 nitrogen and oxygen atoms in total. The SMILES string of the molecule is CC(O)COC(C)COC(C)COC(C)COC(C)COC(C)COC(C)COC(C)COC(C)COC(C)COC(C)COC(C)COC(C)COC(C)COC(C)COC(C)COC(C)COC(C)COC(C)COC(C)COC(C)COC(C)COC(C)COC(C)COC(C)CO. The molecule has 0 aromatic rings. The highest BCUT2D eigenvalue weighted by Crippen LogP contribution is 2.12. The maximum atomic E-state index is 9.38. The molecule has 0 aliphatic carbocycles. The van der Waals surface area contributed by atoms with Gasteiger partial charge in [-0.15, -0.1) is 0 Å². The molecule has 0 spiro atoms. The van der Waals surface area contributed by atoms with Crippen LogP contribution in [-0.2, 0) is 114 Å². The maximum Gasteiger partial charge on any atom is 0.0781 e. The molecule has 0 fully saturated rings. The van der Waals surface area contributed by atoms with E-state index in [1.54, 1.807) is 6.92 Å². The van der Waals surface area contributed by atoms with Gasteiger partial charge in [0.1, 0.15) is 0 Å². The second-order valence-corrected chi connectivity index (χ2v) is 28.5. The molecule has 0 aromatic carbocycles. The van der Waals surface area contributed by atoms with Gasteiger partial charge in [0.25, 0.3) is 0 Å². The van der Waals surface area contributed by atoms with Crippen molar-refractivity contribution in [2.24, 2.45) is 0 Å². The fourth-order valence-corrected chi connectivity index (χ4v) is 8.36. The van der Waals surface area contributed by atoms with Crippen LogP contribution in [-0.4, -0.2) is 328 Å². The molecule has 0 rings (SSSR count). The second-order valence-electron chi connectivity index (χ2n) is 28.5. The normalized spacial score (nSPS) is 20.0. The van der Waals surface area contributed by atoms with E-state index in [1.165, 1.54) is 0 Å². The zero-order valence-corrected chi connectivity index (χ0v) is 67.8. The summed E-state index contributed by atoms with van der Waals surface area (Å²) in [5, 5.41) is 18.5. The first kappa shape index (κ1) is 100.0. The quantitative estimate of drug-likeness (QED) is 0.0575. The molecule has 0 aromatic heterocycles. The maximum absolute atomic E-state index is 9.38. The summed E-state index contributed by atoms with van der Waals surface area (Å²) in [4.78, 5) is 0.